The van der Waals surface area contributed by atoms with Crippen molar-refractivity contribution < 1.29 is 27.8 Å². The Hall–Kier alpha value is 0.0300. The Labute approximate surface area is 101 Å². The van der Waals surface area contributed by atoms with E-state index in [1.807, 2.05) is 6.92 Å². The Balaban J connectivity index is 2.18. The molecule has 0 amide bonds. The van der Waals surface area contributed by atoms with Crippen LogP contribution in [-0.4, -0.2) is 58.0 Å². The summed E-state index contributed by atoms with van der Waals surface area (Å²) in [7, 11) is -0.108. The first-order chi connectivity index (χ1) is 7.94. The monoisotopic (exact) mass is 266 g/mol. The van der Waals surface area contributed by atoms with E-state index in [9.17, 15) is 4.57 Å². The molecule has 6 nitrogen and oxygen atoms in total. The van der Waals surface area contributed by atoms with E-state index in [0.29, 0.717) is 13.2 Å². The third-order valence-corrected chi connectivity index (χ3v) is 4.52. The van der Waals surface area contributed by atoms with Gasteiger partial charge in [0.25, 0.3) is 0 Å². The normalized spacial score (nSPS) is 43.9. The Kier molecular flexibility index (Phi) is 3.65. The molecule has 2 rings (SSSR count). The highest BCUT2D eigenvalue weighted by atomic mass is 31.2. The van der Waals surface area contributed by atoms with Gasteiger partial charge in [-0.05, 0) is 6.92 Å². The Morgan fingerprint density at radius 3 is 2.71 bits per heavy atom. The van der Waals surface area contributed by atoms with E-state index in [1.165, 1.54) is 13.8 Å². The average Bonchev–Trinajstić information content (AvgIpc) is 2.69. The van der Waals surface area contributed by atoms with E-state index in [0.717, 1.165) is 0 Å². The summed E-state index contributed by atoms with van der Waals surface area (Å²) in [6, 6.07) is 0. The van der Waals surface area contributed by atoms with Crippen LogP contribution in [0.4, 0.5) is 0 Å². The molecule has 0 aromatic heterocycles. The summed E-state index contributed by atoms with van der Waals surface area (Å²) < 4.78 is 39.0. The summed E-state index contributed by atoms with van der Waals surface area (Å²) in [6.45, 7) is 4.09. The lowest BCUT2D eigenvalue weighted by atomic mass is 10.00. The zero-order valence-corrected chi connectivity index (χ0v) is 11.4. The van der Waals surface area contributed by atoms with Crippen LogP contribution in [-0.2, 0) is 27.8 Å². The van der Waals surface area contributed by atoms with Gasteiger partial charge in [0.2, 0.25) is 0 Å². The fourth-order valence-electron chi connectivity index (χ4n) is 2.43. The van der Waals surface area contributed by atoms with Gasteiger partial charge in [0.15, 0.2) is 0 Å². The van der Waals surface area contributed by atoms with E-state index in [4.69, 9.17) is 23.3 Å². The molecular weight excluding hydrogens is 247 g/mol. The number of rotatable bonds is 5. The van der Waals surface area contributed by atoms with Gasteiger partial charge in [0.05, 0.1) is 19.3 Å². The van der Waals surface area contributed by atoms with Crippen molar-refractivity contribution in [2.45, 2.75) is 30.8 Å². The lowest BCUT2D eigenvalue weighted by molar-refractivity contribution is -0.158. The lowest BCUT2D eigenvalue weighted by Gasteiger charge is -2.30. The van der Waals surface area contributed by atoms with Gasteiger partial charge >= 0.3 is 7.60 Å². The Morgan fingerprint density at radius 1 is 1.47 bits per heavy atom. The highest BCUT2D eigenvalue weighted by Gasteiger charge is 2.62. The Morgan fingerprint density at radius 2 is 2.18 bits per heavy atom. The van der Waals surface area contributed by atoms with E-state index < -0.39 is 19.3 Å². The molecule has 0 aliphatic carbocycles. The van der Waals surface area contributed by atoms with Gasteiger partial charge in [0, 0.05) is 20.9 Å². The molecule has 100 valence electrons. The number of fused-ring (bicyclic) bond motifs is 2. The molecule has 5 atom stereocenters. The van der Waals surface area contributed by atoms with Crippen LogP contribution in [0, 0.1) is 0 Å². The average molecular weight is 266 g/mol. The van der Waals surface area contributed by atoms with Crippen molar-refractivity contribution >= 4 is 7.60 Å². The zero-order chi connectivity index (χ0) is 12.7. The van der Waals surface area contributed by atoms with Crippen molar-refractivity contribution in [1.82, 2.24) is 0 Å². The summed E-state index contributed by atoms with van der Waals surface area (Å²) in [5.41, 5.74) is -0.664. The summed E-state index contributed by atoms with van der Waals surface area (Å²) in [4.78, 5) is 0. The lowest BCUT2D eigenvalue weighted by Crippen LogP contribution is -2.45. The first kappa shape index (κ1) is 13.5. The van der Waals surface area contributed by atoms with Crippen LogP contribution < -0.4 is 0 Å². The van der Waals surface area contributed by atoms with Crippen molar-refractivity contribution in [3.05, 3.63) is 0 Å². The van der Waals surface area contributed by atoms with Gasteiger partial charge in [-0.3, -0.25) is 9.09 Å². The van der Waals surface area contributed by atoms with Crippen molar-refractivity contribution in [2.24, 2.45) is 0 Å². The number of hydrogen-bond donors (Lipinski definition) is 0. The third-order valence-electron chi connectivity index (χ3n) is 3.25. The second-order valence-electron chi connectivity index (χ2n) is 4.58. The van der Waals surface area contributed by atoms with Crippen molar-refractivity contribution in [3.8, 4) is 0 Å². The van der Waals surface area contributed by atoms with Crippen LogP contribution in [0.3, 0.4) is 0 Å². The molecule has 2 heterocycles. The van der Waals surface area contributed by atoms with E-state index in [2.05, 4.69) is 0 Å². The molecule has 2 aliphatic heterocycles. The maximum atomic E-state index is 11.9. The van der Waals surface area contributed by atoms with Crippen molar-refractivity contribution in [3.63, 3.8) is 0 Å². The largest absolute Gasteiger partial charge is 0.381 e. The summed E-state index contributed by atoms with van der Waals surface area (Å²) in [5.74, 6) is 0. The third kappa shape index (κ3) is 2.30. The highest BCUT2D eigenvalue weighted by Crippen LogP contribution is 2.52. The van der Waals surface area contributed by atoms with Crippen LogP contribution in [0.2, 0.25) is 0 Å². The van der Waals surface area contributed by atoms with Crippen LogP contribution in [0.5, 0.6) is 0 Å². The smallest absolute Gasteiger partial charge is 0.327 e. The van der Waals surface area contributed by atoms with E-state index >= 15 is 0 Å². The molecule has 2 saturated heterocycles. The molecule has 0 aromatic rings. The van der Waals surface area contributed by atoms with Crippen LogP contribution in [0.1, 0.15) is 6.92 Å². The molecule has 0 aromatic carbocycles. The molecule has 0 spiro atoms. The predicted octanol–water partition coefficient (Wildman–Crippen LogP) is 1.04. The highest BCUT2D eigenvalue weighted by molar-refractivity contribution is 7.52. The standard InChI is InChI=1S/C10H19O6P/c1-7-8-9(16-17(4,11)13-3)10(15-7,5-12-2)6-14-8/h7-9H,5-6H2,1-4H3/t7-,8+,9+,10-,17?/m0/s1. The van der Waals surface area contributed by atoms with Gasteiger partial charge in [-0.25, -0.2) is 0 Å². The first-order valence-corrected chi connectivity index (χ1v) is 7.53. The molecule has 0 N–H and O–H groups in total. The topological polar surface area (TPSA) is 63.2 Å². The Bertz CT molecular complexity index is 335. The molecule has 2 aliphatic rings. The van der Waals surface area contributed by atoms with E-state index in [-0.39, 0.29) is 12.2 Å². The summed E-state index contributed by atoms with van der Waals surface area (Å²) in [5, 5.41) is 0. The fourth-order valence-corrected chi connectivity index (χ4v) is 3.24. The maximum Gasteiger partial charge on any atom is 0.327 e. The minimum absolute atomic E-state index is 0.0965. The van der Waals surface area contributed by atoms with Gasteiger partial charge in [-0.1, -0.05) is 0 Å². The van der Waals surface area contributed by atoms with Crippen molar-refractivity contribution in [1.29, 1.82) is 0 Å². The molecule has 0 saturated carbocycles. The molecule has 0 radical (unpaired) electrons. The number of hydrogen-bond acceptors (Lipinski definition) is 6. The quantitative estimate of drug-likeness (QED) is 0.693. The minimum atomic E-state index is -3.07. The molecule has 17 heavy (non-hydrogen) atoms. The van der Waals surface area contributed by atoms with Gasteiger partial charge < -0.3 is 18.7 Å². The predicted molar refractivity (Wildman–Crippen MR) is 60.3 cm³/mol. The molecule has 2 bridgehead atoms. The zero-order valence-electron chi connectivity index (χ0n) is 10.5. The molecule has 2 fully saturated rings. The van der Waals surface area contributed by atoms with Crippen molar-refractivity contribution in [2.75, 3.05) is 34.1 Å². The maximum absolute atomic E-state index is 11.9. The second kappa shape index (κ2) is 4.61. The van der Waals surface area contributed by atoms with Crippen LogP contribution >= 0.6 is 7.60 Å². The SMILES string of the molecule is COC[C@@]12CO[C@H]([C@H](C)O1)[C@H]2OP(C)(=O)OC. The number of methoxy groups -OCH3 is 1. The van der Waals surface area contributed by atoms with Gasteiger partial charge in [0.1, 0.15) is 17.8 Å². The number of ether oxygens (including phenoxy) is 3. The van der Waals surface area contributed by atoms with Gasteiger partial charge in [-0.2, -0.15) is 0 Å². The molecular formula is C10H19O6P. The molecule has 7 heteroatoms. The second-order valence-corrected chi connectivity index (χ2v) is 6.69. The summed E-state index contributed by atoms with van der Waals surface area (Å²) >= 11 is 0. The van der Waals surface area contributed by atoms with E-state index in [1.54, 1.807) is 7.11 Å². The van der Waals surface area contributed by atoms with Crippen LogP contribution in [0.25, 0.3) is 0 Å². The van der Waals surface area contributed by atoms with Crippen LogP contribution in [0.15, 0.2) is 0 Å². The van der Waals surface area contributed by atoms with Gasteiger partial charge in [-0.15, -0.1) is 0 Å². The fraction of sp³-hybridized carbons (Fsp3) is 1.00. The first-order valence-electron chi connectivity index (χ1n) is 5.54. The minimum Gasteiger partial charge on any atom is -0.381 e. The summed E-state index contributed by atoms with van der Waals surface area (Å²) in [6.07, 6.45) is -0.720. The molecule has 1 unspecified atom stereocenters.